The Hall–Kier alpha value is -3.85. The lowest BCUT2D eigenvalue weighted by atomic mass is 10.0. The van der Waals surface area contributed by atoms with Crippen LogP contribution in [0.25, 0.3) is 49.9 Å². The van der Waals surface area contributed by atoms with Gasteiger partial charge in [-0.05, 0) is 52.6 Å². The van der Waals surface area contributed by atoms with E-state index in [9.17, 15) is 0 Å². The minimum atomic E-state index is 0.458. The molecule has 0 atom stereocenters. The Balaban J connectivity index is 1.63. The minimum absolute atomic E-state index is 0.458. The van der Waals surface area contributed by atoms with Gasteiger partial charge in [0.1, 0.15) is 17.7 Å². The van der Waals surface area contributed by atoms with Crippen molar-refractivity contribution < 1.29 is 4.42 Å². The van der Waals surface area contributed by atoms with Crippen LogP contribution in [0.3, 0.4) is 0 Å². The van der Waals surface area contributed by atoms with Gasteiger partial charge >= 0.3 is 0 Å². The Kier molecular flexibility index (Phi) is 3.97. The molecule has 3 nitrogen and oxygen atoms in total. The number of aromatic nitrogens is 2. The summed E-state index contributed by atoms with van der Waals surface area (Å²) in [6, 6.07) is 29.8. The molecule has 0 radical (unpaired) electrons. The summed E-state index contributed by atoms with van der Waals surface area (Å²) in [6.45, 7) is 4.40. The van der Waals surface area contributed by atoms with E-state index in [1.54, 1.807) is 0 Å². The number of para-hydroxylation sites is 2. The van der Waals surface area contributed by atoms with Gasteiger partial charge in [0.2, 0.25) is 0 Å². The Morgan fingerprint density at radius 1 is 0.806 bits per heavy atom. The van der Waals surface area contributed by atoms with E-state index >= 15 is 0 Å². The van der Waals surface area contributed by atoms with E-state index in [-0.39, 0.29) is 0 Å². The third-order valence-electron chi connectivity index (χ3n) is 6.06. The lowest BCUT2D eigenvalue weighted by Crippen LogP contribution is -1.97. The third kappa shape index (κ3) is 2.85. The van der Waals surface area contributed by atoms with Crippen LogP contribution in [0, 0.1) is 0 Å². The quantitative estimate of drug-likeness (QED) is 0.303. The number of rotatable bonds is 3. The zero-order valence-corrected chi connectivity index (χ0v) is 17.5. The highest BCUT2D eigenvalue weighted by molar-refractivity contribution is 5.96. The van der Waals surface area contributed by atoms with Crippen molar-refractivity contribution in [1.29, 1.82) is 0 Å². The third-order valence-corrected chi connectivity index (χ3v) is 6.06. The lowest BCUT2D eigenvalue weighted by Gasteiger charge is -2.10. The average molecular weight is 402 g/mol. The molecule has 3 heteroatoms. The van der Waals surface area contributed by atoms with Gasteiger partial charge in [-0.1, -0.05) is 68.4 Å². The van der Waals surface area contributed by atoms with Crippen molar-refractivity contribution in [3.8, 4) is 17.1 Å². The molecule has 0 bridgehead atoms. The van der Waals surface area contributed by atoms with Crippen LogP contribution in [-0.4, -0.2) is 9.55 Å². The fourth-order valence-corrected chi connectivity index (χ4v) is 4.36. The summed E-state index contributed by atoms with van der Waals surface area (Å²) in [5, 5.41) is 3.52. The number of imidazole rings is 1. The molecule has 0 spiro atoms. The SMILES string of the molecule is CC(C)c1ccc2c(-c3nc4ccccc4n3-c3ccc4ccccc4c3)coc2c1. The number of benzene rings is 4. The second kappa shape index (κ2) is 6.85. The second-order valence-corrected chi connectivity index (χ2v) is 8.35. The summed E-state index contributed by atoms with van der Waals surface area (Å²) in [5.41, 5.74) is 6.33. The number of hydrogen-bond donors (Lipinski definition) is 0. The minimum Gasteiger partial charge on any atom is -0.464 e. The molecule has 0 saturated carbocycles. The highest BCUT2D eigenvalue weighted by Gasteiger charge is 2.19. The largest absolute Gasteiger partial charge is 0.464 e. The van der Waals surface area contributed by atoms with Crippen molar-refractivity contribution in [2.75, 3.05) is 0 Å². The van der Waals surface area contributed by atoms with E-state index in [0.717, 1.165) is 39.1 Å². The molecule has 0 saturated heterocycles. The molecule has 2 heterocycles. The molecule has 2 aromatic heterocycles. The fraction of sp³-hybridized carbons (Fsp3) is 0.107. The normalized spacial score (nSPS) is 11.8. The van der Waals surface area contributed by atoms with Gasteiger partial charge in [0.15, 0.2) is 0 Å². The maximum Gasteiger partial charge on any atom is 0.149 e. The van der Waals surface area contributed by atoms with E-state index in [1.807, 2.05) is 12.3 Å². The molecule has 31 heavy (non-hydrogen) atoms. The maximum atomic E-state index is 6.00. The van der Waals surface area contributed by atoms with E-state index in [0.29, 0.717) is 5.92 Å². The van der Waals surface area contributed by atoms with Crippen LogP contribution in [-0.2, 0) is 0 Å². The van der Waals surface area contributed by atoms with Gasteiger partial charge in [0.25, 0.3) is 0 Å². The fourth-order valence-electron chi connectivity index (χ4n) is 4.36. The molecule has 0 unspecified atom stereocenters. The Morgan fingerprint density at radius 3 is 2.48 bits per heavy atom. The van der Waals surface area contributed by atoms with Crippen LogP contribution < -0.4 is 0 Å². The lowest BCUT2D eigenvalue weighted by molar-refractivity contribution is 0.615. The first-order chi connectivity index (χ1) is 15.2. The maximum absolute atomic E-state index is 6.00. The predicted molar refractivity (Wildman–Crippen MR) is 128 cm³/mol. The van der Waals surface area contributed by atoms with Crippen LogP contribution >= 0.6 is 0 Å². The van der Waals surface area contributed by atoms with Crippen LogP contribution in [0.1, 0.15) is 25.3 Å². The summed E-state index contributed by atoms with van der Waals surface area (Å²) in [5.74, 6) is 1.35. The zero-order chi connectivity index (χ0) is 20.9. The van der Waals surface area contributed by atoms with E-state index < -0.39 is 0 Å². The molecule has 150 valence electrons. The van der Waals surface area contributed by atoms with Crippen LogP contribution in [0.2, 0.25) is 0 Å². The first-order valence-corrected chi connectivity index (χ1v) is 10.7. The molecule has 0 aliphatic rings. The molecule has 6 rings (SSSR count). The van der Waals surface area contributed by atoms with E-state index in [1.165, 1.54) is 16.3 Å². The van der Waals surface area contributed by atoms with Gasteiger partial charge in [-0.15, -0.1) is 0 Å². The summed E-state index contributed by atoms with van der Waals surface area (Å²) < 4.78 is 8.24. The van der Waals surface area contributed by atoms with Gasteiger partial charge in [0.05, 0.1) is 16.6 Å². The summed E-state index contributed by atoms with van der Waals surface area (Å²) in [6.07, 6.45) is 1.84. The molecule has 0 amide bonds. The van der Waals surface area contributed by atoms with Crippen molar-refractivity contribution in [3.63, 3.8) is 0 Å². The van der Waals surface area contributed by atoms with E-state index in [4.69, 9.17) is 9.40 Å². The number of fused-ring (bicyclic) bond motifs is 3. The Morgan fingerprint density at radius 2 is 1.61 bits per heavy atom. The number of nitrogens with zero attached hydrogens (tertiary/aromatic N) is 2. The first-order valence-electron chi connectivity index (χ1n) is 10.7. The van der Waals surface area contributed by atoms with Crippen LogP contribution in [0.4, 0.5) is 0 Å². The van der Waals surface area contributed by atoms with Gasteiger partial charge in [-0.25, -0.2) is 4.98 Å². The number of furan rings is 1. The highest BCUT2D eigenvalue weighted by Crippen LogP contribution is 2.36. The van der Waals surface area contributed by atoms with Crippen molar-refractivity contribution in [1.82, 2.24) is 9.55 Å². The molecular weight excluding hydrogens is 380 g/mol. The standard InChI is InChI=1S/C28H22N2O/c1-18(2)20-12-14-23-24(17-31-27(23)16-20)28-29-25-9-5-6-10-26(25)30(28)22-13-11-19-7-3-4-8-21(19)15-22/h3-18H,1-2H3. The van der Waals surface area contributed by atoms with Crippen molar-refractivity contribution >= 4 is 32.8 Å². The van der Waals surface area contributed by atoms with Crippen LogP contribution in [0.15, 0.2) is 95.6 Å². The van der Waals surface area contributed by atoms with Gasteiger partial charge < -0.3 is 4.42 Å². The topological polar surface area (TPSA) is 31.0 Å². The zero-order valence-electron chi connectivity index (χ0n) is 17.5. The molecule has 6 aromatic rings. The molecule has 0 N–H and O–H groups in total. The van der Waals surface area contributed by atoms with Crippen molar-refractivity contribution in [2.24, 2.45) is 0 Å². The summed E-state index contributed by atoms with van der Waals surface area (Å²) in [7, 11) is 0. The monoisotopic (exact) mass is 402 g/mol. The first kappa shape index (κ1) is 18.0. The molecule has 0 fully saturated rings. The van der Waals surface area contributed by atoms with E-state index in [2.05, 4.69) is 97.3 Å². The average Bonchev–Trinajstić information content (AvgIpc) is 3.39. The van der Waals surface area contributed by atoms with Crippen molar-refractivity contribution in [3.05, 3.63) is 96.8 Å². The summed E-state index contributed by atoms with van der Waals surface area (Å²) in [4.78, 5) is 5.02. The van der Waals surface area contributed by atoms with Gasteiger partial charge in [-0.3, -0.25) is 4.57 Å². The Bertz CT molecular complexity index is 1570. The summed E-state index contributed by atoms with van der Waals surface area (Å²) >= 11 is 0. The van der Waals surface area contributed by atoms with Gasteiger partial charge in [0, 0.05) is 11.1 Å². The predicted octanol–water partition coefficient (Wildman–Crippen LogP) is 7.72. The Labute approximate surface area is 180 Å². The molecular formula is C28H22N2O. The second-order valence-electron chi connectivity index (χ2n) is 8.35. The molecule has 4 aromatic carbocycles. The smallest absolute Gasteiger partial charge is 0.149 e. The molecule has 0 aliphatic carbocycles. The highest BCUT2D eigenvalue weighted by atomic mass is 16.3. The van der Waals surface area contributed by atoms with Crippen molar-refractivity contribution in [2.45, 2.75) is 19.8 Å². The van der Waals surface area contributed by atoms with Crippen LogP contribution in [0.5, 0.6) is 0 Å². The number of hydrogen-bond acceptors (Lipinski definition) is 2. The molecule has 0 aliphatic heterocycles. The van der Waals surface area contributed by atoms with Gasteiger partial charge in [-0.2, -0.15) is 0 Å².